The van der Waals surface area contributed by atoms with Crippen LogP contribution in [0.25, 0.3) is 0 Å². The fourth-order valence-corrected chi connectivity index (χ4v) is 4.00. The van der Waals surface area contributed by atoms with Gasteiger partial charge >= 0.3 is 0 Å². The second kappa shape index (κ2) is 7.52. The molecule has 5 atom stereocenters. The smallest absolute Gasteiger partial charge is 0.211 e. The lowest BCUT2D eigenvalue weighted by atomic mass is 9.70. The van der Waals surface area contributed by atoms with Crippen molar-refractivity contribution >= 4 is 12.2 Å². The number of aliphatic imine (C=N–C) groups is 2. The van der Waals surface area contributed by atoms with Crippen LogP contribution < -0.4 is 0 Å². The molecule has 0 aliphatic heterocycles. The van der Waals surface area contributed by atoms with Crippen molar-refractivity contribution in [3.8, 4) is 0 Å². The van der Waals surface area contributed by atoms with E-state index in [1.165, 1.54) is 19.3 Å². The maximum atomic E-state index is 10.6. The highest BCUT2D eigenvalue weighted by atomic mass is 16.1. The molecule has 0 aromatic heterocycles. The lowest BCUT2D eigenvalue weighted by molar-refractivity contribution is 0.165. The van der Waals surface area contributed by atoms with Gasteiger partial charge in [0.2, 0.25) is 12.2 Å². The summed E-state index contributed by atoms with van der Waals surface area (Å²) in [7, 11) is 0. The average molecular weight is 276 g/mol. The van der Waals surface area contributed by atoms with E-state index >= 15 is 0 Å². The quantitative estimate of drug-likeness (QED) is 0.583. The fraction of sp³-hybridized carbons (Fsp3) is 0.875. The van der Waals surface area contributed by atoms with Crippen molar-refractivity contribution in [2.24, 2.45) is 27.7 Å². The van der Waals surface area contributed by atoms with Gasteiger partial charge in [0.15, 0.2) is 0 Å². The van der Waals surface area contributed by atoms with Crippen LogP contribution in [-0.4, -0.2) is 24.2 Å². The molecule has 0 bridgehead atoms. The third kappa shape index (κ3) is 3.88. The van der Waals surface area contributed by atoms with Crippen molar-refractivity contribution in [1.29, 1.82) is 0 Å². The molecule has 2 rings (SSSR count). The number of nitrogens with zero attached hydrogens (tertiary/aromatic N) is 2. The Morgan fingerprint density at radius 3 is 2.45 bits per heavy atom. The fourth-order valence-electron chi connectivity index (χ4n) is 4.00. The maximum absolute atomic E-state index is 10.6. The summed E-state index contributed by atoms with van der Waals surface area (Å²) in [4.78, 5) is 28.9. The summed E-state index contributed by atoms with van der Waals surface area (Å²) in [5.74, 6) is 1.78. The van der Waals surface area contributed by atoms with Crippen molar-refractivity contribution in [1.82, 2.24) is 0 Å². The highest BCUT2D eigenvalue weighted by Crippen LogP contribution is 2.39. The van der Waals surface area contributed by atoms with Gasteiger partial charge in [-0.05, 0) is 56.3 Å². The first-order chi connectivity index (χ1) is 9.74. The highest BCUT2D eigenvalue weighted by molar-refractivity contribution is 5.34. The summed E-state index contributed by atoms with van der Waals surface area (Å²) < 4.78 is 0. The van der Waals surface area contributed by atoms with Crippen LogP contribution in [0.2, 0.25) is 0 Å². The number of rotatable bonds is 4. The maximum Gasteiger partial charge on any atom is 0.235 e. The van der Waals surface area contributed by atoms with E-state index in [2.05, 4.69) is 16.9 Å². The molecule has 0 radical (unpaired) electrons. The van der Waals surface area contributed by atoms with Crippen molar-refractivity contribution < 1.29 is 9.59 Å². The molecule has 20 heavy (non-hydrogen) atoms. The summed E-state index contributed by atoms with van der Waals surface area (Å²) in [6, 6.07) is 0.328. The van der Waals surface area contributed by atoms with Crippen molar-refractivity contribution in [2.45, 2.75) is 70.4 Å². The Hall–Kier alpha value is -1.24. The van der Waals surface area contributed by atoms with Crippen LogP contribution in [-0.2, 0) is 9.59 Å². The Morgan fingerprint density at radius 2 is 1.70 bits per heavy atom. The lowest BCUT2D eigenvalue weighted by Gasteiger charge is -2.37. The predicted octanol–water partition coefficient (Wildman–Crippen LogP) is 3.41. The van der Waals surface area contributed by atoms with Gasteiger partial charge in [0.25, 0.3) is 0 Å². The predicted molar refractivity (Wildman–Crippen MR) is 76.9 cm³/mol. The molecule has 0 heterocycles. The third-order valence-corrected chi connectivity index (χ3v) is 5.26. The molecule has 2 aliphatic rings. The van der Waals surface area contributed by atoms with Gasteiger partial charge in [0.05, 0.1) is 12.1 Å². The van der Waals surface area contributed by atoms with E-state index in [1.54, 1.807) is 12.2 Å². The lowest BCUT2D eigenvalue weighted by Crippen LogP contribution is -2.31. The van der Waals surface area contributed by atoms with Crippen molar-refractivity contribution in [3.63, 3.8) is 0 Å². The SMILES string of the molecule is C[C@@H]1CC[C@H](N=C=O)C[C@@H]1C[C@H]1CCCC[C@H]1N=C=O. The summed E-state index contributed by atoms with van der Waals surface area (Å²) in [6.45, 7) is 2.30. The molecule has 2 aliphatic carbocycles. The molecule has 0 spiro atoms. The summed E-state index contributed by atoms with van der Waals surface area (Å²) in [5, 5.41) is 0. The molecular formula is C16H24N2O2. The standard InChI is InChI=1S/C16H24N2O2/c1-12-6-7-15(17-10-19)9-14(12)8-13-4-2-3-5-16(13)18-11-20/h12-16H,2-9H2,1H3/t12-,13-,14+,15+,16-/m1/s1. The first-order valence-corrected chi connectivity index (χ1v) is 7.88. The molecule has 110 valence electrons. The van der Waals surface area contributed by atoms with Crippen LogP contribution in [0.15, 0.2) is 9.98 Å². The van der Waals surface area contributed by atoms with Crippen LogP contribution in [0.3, 0.4) is 0 Å². The van der Waals surface area contributed by atoms with Crippen LogP contribution in [0.4, 0.5) is 0 Å². The van der Waals surface area contributed by atoms with E-state index < -0.39 is 0 Å². The van der Waals surface area contributed by atoms with Crippen LogP contribution in [0, 0.1) is 17.8 Å². The van der Waals surface area contributed by atoms with E-state index in [0.717, 1.165) is 32.1 Å². The van der Waals surface area contributed by atoms with Gasteiger partial charge in [-0.2, -0.15) is 0 Å². The number of hydrogen-bond donors (Lipinski definition) is 0. The number of carbonyl (C=O) groups excluding carboxylic acids is 2. The zero-order valence-electron chi connectivity index (χ0n) is 12.3. The van der Waals surface area contributed by atoms with E-state index in [0.29, 0.717) is 17.8 Å². The molecule has 0 saturated heterocycles. The van der Waals surface area contributed by atoms with Gasteiger partial charge in [-0.1, -0.05) is 19.8 Å². The van der Waals surface area contributed by atoms with Crippen LogP contribution >= 0.6 is 0 Å². The molecule has 4 heteroatoms. The van der Waals surface area contributed by atoms with E-state index in [-0.39, 0.29) is 12.1 Å². The van der Waals surface area contributed by atoms with E-state index in [1.807, 2.05) is 0 Å². The topological polar surface area (TPSA) is 58.9 Å². The minimum absolute atomic E-state index is 0.158. The Balaban J connectivity index is 1.98. The Labute approximate surface area is 120 Å². The Bertz CT molecular complexity index is 411. The molecule has 0 aromatic carbocycles. The monoisotopic (exact) mass is 276 g/mol. The minimum Gasteiger partial charge on any atom is -0.211 e. The molecule has 0 unspecified atom stereocenters. The highest BCUT2D eigenvalue weighted by Gasteiger charge is 2.33. The number of isocyanates is 2. The molecule has 0 N–H and O–H groups in total. The van der Waals surface area contributed by atoms with Gasteiger partial charge in [-0.25, -0.2) is 19.6 Å². The first-order valence-electron chi connectivity index (χ1n) is 7.88. The molecule has 0 amide bonds. The Morgan fingerprint density at radius 1 is 0.950 bits per heavy atom. The average Bonchev–Trinajstić information content (AvgIpc) is 2.45. The molecular weight excluding hydrogens is 252 g/mol. The third-order valence-electron chi connectivity index (χ3n) is 5.26. The zero-order chi connectivity index (χ0) is 14.4. The van der Waals surface area contributed by atoms with Crippen LogP contribution in [0.5, 0.6) is 0 Å². The van der Waals surface area contributed by atoms with Gasteiger partial charge in [-0.3, -0.25) is 0 Å². The second-order valence-electron chi connectivity index (χ2n) is 6.49. The van der Waals surface area contributed by atoms with Gasteiger partial charge in [0.1, 0.15) is 0 Å². The first kappa shape index (κ1) is 15.2. The Kier molecular flexibility index (Phi) is 5.70. The van der Waals surface area contributed by atoms with Crippen LogP contribution in [0.1, 0.15) is 58.3 Å². The number of hydrogen-bond acceptors (Lipinski definition) is 4. The largest absolute Gasteiger partial charge is 0.235 e. The normalized spacial score (nSPS) is 37.5. The zero-order valence-corrected chi connectivity index (χ0v) is 12.3. The second-order valence-corrected chi connectivity index (χ2v) is 6.49. The molecule has 0 aromatic rings. The molecule has 4 nitrogen and oxygen atoms in total. The van der Waals surface area contributed by atoms with Gasteiger partial charge < -0.3 is 0 Å². The summed E-state index contributed by atoms with van der Waals surface area (Å²) in [5.41, 5.74) is 0. The van der Waals surface area contributed by atoms with Gasteiger partial charge in [0, 0.05) is 0 Å². The van der Waals surface area contributed by atoms with E-state index in [4.69, 9.17) is 0 Å². The minimum atomic E-state index is 0.158. The van der Waals surface area contributed by atoms with E-state index in [9.17, 15) is 9.59 Å². The summed E-state index contributed by atoms with van der Waals surface area (Å²) in [6.07, 6.45) is 12.3. The van der Waals surface area contributed by atoms with Gasteiger partial charge in [-0.15, -0.1) is 0 Å². The summed E-state index contributed by atoms with van der Waals surface area (Å²) >= 11 is 0. The molecule has 2 fully saturated rings. The van der Waals surface area contributed by atoms with Crippen molar-refractivity contribution in [3.05, 3.63) is 0 Å². The van der Waals surface area contributed by atoms with Crippen molar-refractivity contribution in [2.75, 3.05) is 0 Å². The molecule has 2 saturated carbocycles.